The molecule has 1 aromatic heterocycles. The smallest absolute Gasteiger partial charge is 0.227 e. The maximum Gasteiger partial charge on any atom is 0.227 e. The van der Waals surface area contributed by atoms with Gasteiger partial charge in [-0.15, -0.1) is 17.0 Å². The van der Waals surface area contributed by atoms with E-state index in [-0.39, 0.29) is 46.3 Å². The molecular formula is C14H12Br2N2O. The molecule has 0 saturated carbocycles. The normalized spacial score (nSPS) is 8.58. The van der Waals surface area contributed by atoms with Crippen LogP contribution in [0.25, 0.3) is 0 Å². The minimum Gasteiger partial charge on any atom is -1.00 e. The van der Waals surface area contributed by atoms with Crippen LogP contribution in [0.15, 0.2) is 54.9 Å². The van der Waals surface area contributed by atoms with E-state index in [4.69, 9.17) is 5.26 Å². The molecule has 0 atom stereocenters. The van der Waals surface area contributed by atoms with Gasteiger partial charge in [-0.25, -0.2) is 0 Å². The van der Waals surface area contributed by atoms with Gasteiger partial charge in [-0.05, 0) is 6.07 Å². The van der Waals surface area contributed by atoms with Crippen molar-refractivity contribution in [3.63, 3.8) is 0 Å². The van der Waals surface area contributed by atoms with Gasteiger partial charge in [0, 0.05) is 11.6 Å². The molecule has 0 radical (unpaired) electrons. The molecule has 5 heteroatoms. The molecule has 0 amide bonds. The Balaban J connectivity index is 0.00000162. The van der Waals surface area contributed by atoms with Crippen LogP contribution in [0.3, 0.4) is 0 Å². The third-order valence-corrected chi connectivity index (χ3v) is 2.41. The van der Waals surface area contributed by atoms with Crippen LogP contribution in [0.1, 0.15) is 15.9 Å². The van der Waals surface area contributed by atoms with Crippen molar-refractivity contribution in [2.75, 3.05) is 0 Å². The zero-order valence-corrected chi connectivity index (χ0v) is 13.3. The number of carbonyl (C=O) groups excluding carboxylic acids is 1. The molecule has 98 valence electrons. The first-order chi connectivity index (χ1) is 8.29. The largest absolute Gasteiger partial charge is 1.00 e. The predicted molar refractivity (Wildman–Crippen MR) is 72.4 cm³/mol. The summed E-state index contributed by atoms with van der Waals surface area (Å²) in [5.41, 5.74) is 1.23. The Bertz CT molecular complexity index is 579. The maximum atomic E-state index is 11.9. The Labute approximate surface area is 133 Å². The van der Waals surface area contributed by atoms with Crippen molar-refractivity contribution in [1.29, 1.82) is 5.26 Å². The van der Waals surface area contributed by atoms with Gasteiger partial charge in [0.2, 0.25) is 12.3 Å². The molecule has 2 rings (SSSR count). The molecule has 0 N–H and O–H groups in total. The van der Waals surface area contributed by atoms with Crippen LogP contribution in [-0.2, 0) is 6.54 Å². The number of hydrogen-bond donors (Lipinski definition) is 0. The number of nitriles is 1. The second-order valence-corrected chi connectivity index (χ2v) is 3.67. The molecule has 0 aliphatic heterocycles. The molecule has 0 fully saturated rings. The third kappa shape index (κ3) is 4.93. The zero-order valence-electron chi connectivity index (χ0n) is 9.99. The molecule has 0 saturated heterocycles. The summed E-state index contributed by atoms with van der Waals surface area (Å²) < 4.78 is 1.72. The van der Waals surface area contributed by atoms with Gasteiger partial charge in [0.1, 0.15) is 11.6 Å². The highest BCUT2D eigenvalue weighted by Gasteiger charge is 2.11. The van der Waals surface area contributed by atoms with Crippen molar-refractivity contribution in [2.24, 2.45) is 0 Å². The SMILES string of the molecule is Br.N#Cc1ccc[n+](CC(=O)c2ccccc2)c1.[Br-]. The molecule has 2 aromatic rings. The molecule has 1 heterocycles. The Kier molecular flexibility index (Phi) is 7.89. The van der Waals surface area contributed by atoms with Crippen molar-refractivity contribution in [3.05, 3.63) is 66.0 Å². The van der Waals surface area contributed by atoms with Gasteiger partial charge in [0.25, 0.3) is 0 Å². The summed E-state index contributed by atoms with van der Waals surface area (Å²) in [6, 6.07) is 14.6. The minimum atomic E-state index is 0. The number of hydrogen-bond acceptors (Lipinski definition) is 2. The van der Waals surface area contributed by atoms with Gasteiger partial charge in [-0.2, -0.15) is 9.83 Å². The van der Waals surface area contributed by atoms with Crippen molar-refractivity contribution in [2.45, 2.75) is 6.54 Å². The molecule has 3 nitrogen and oxygen atoms in total. The summed E-state index contributed by atoms with van der Waals surface area (Å²) >= 11 is 0. The fraction of sp³-hybridized carbons (Fsp3) is 0.0714. The number of rotatable bonds is 3. The Morgan fingerprint density at radius 2 is 1.84 bits per heavy atom. The number of nitrogens with zero attached hydrogens (tertiary/aromatic N) is 2. The quantitative estimate of drug-likeness (QED) is 0.520. The Hall–Kier alpha value is -1.51. The Morgan fingerprint density at radius 1 is 1.16 bits per heavy atom. The fourth-order valence-electron chi connectivity index (χ4n) is 1.57. The standard InChI is InChI=1S/C14H11N2O.2BrH/c15-9-12-5-4-8-16(10-12)11-14(17)13-6-2-1-3-7-13;;/h1-8,10H,11H2;2*1H/q+1;;/p-1. The number of ketones is 1. The lowest BCUT2D eigenvalue weighted by atomic mass is 10.1. The summed E-state index contributed by atoms with van der Waals surface area (Å²) in [6.45, 7) is 0.250. The van der Waals surface area contributed by atoms with Crippen LogP contribution in [0.2, 0.25) is 0 Å². The van der Waals surface area contributed by atoms with E-state index in [0.29, 0.717) is 11.1 Å². The summed E-state index contributed by atoms with van der Waals surface area (Å²) in [7, 11) is 0. The van der Waals surface area contributed by atoms with Crippen molar-refractivity contribution in [3.8, 4) is 6.07 Å². The minimum absolute atomic E-state index is 0. The molecular weight excluding hydrogens is 372 g/mol. The molecule has 0 bridgehead atoms. The van der Waals surface area contributed by atoms with Gasteiger partial charge < -0.3 is 17.0 Å². The average Bonchev–Trinajstić information content (AvgIpc) is 2.40. The summed E-state index contributed by atoms with van der Waals surface area (Å²) in [5.74, 6) is 0.0330. The molecule has 19 heavy (non-hydrogen) atoms. The topological polar surface area (TPSA) is 44.7 Å². The van der Waals surface area contributed by atoms with Crippen molar-refractivity contribution in [1.82, 2.24) is 0 Å². The monoisotopic (exact) mass is 382 g/mol. The van der Waals surface area contributed by atoms with Crippen LogP contribution in [0, 0.1) is 11.3 Å². The van der Waals surface area contributed by atoms with Crippen LogP contribution < -0.4 is 21.5 Å². The van der Waals surface area contributed by atoms with E-state index in [1.807, 2.05) is 24.3 Å². The molecule has 0 spiro atoms. The zero-order chi connectivity index (χ0) is 12.1. The molecule has 0 aliphatic carbocycles. The van der Waals surface area contributed by atoms with Crippen LogP contribution in [0.5, 0.6) is 0 Å². The summed E-state index contributed by atoms with van der Waals surface area (Å²) in [5, 5.41) is 8.76. The lowest BCUT2D eigenvalue weighted by Crippen LogP contribution is -3.00. The van der Waals surface area contributed by atoms with Crippen molar-refractivity contribution < 1.29 is 26.3 Å². The second kappa shape index (κ2) is 8.57. The van der Waals surface area contributed by atoms with E-state index in [2.05, 4.69) is 0 Å². The van der Waals surface area contributed by atoms with Gasteiger partial charge in [-0.1, -0.05) is 30.3 Å². The van der Waals surface area contributed by atoms with Gasteiger partial charge in [-0.3, -0.25) is 4.79 Å². The highest BCUT2D eigenvalue weighted by atomic mass is 79.9. The van der Waals surface area contributed by atoms with E-state index in [1.54, 1.807) is 41.2 Å². The molecule has 0 aliphatic rings. The van der Waals surface area contributed by atoms with Gasteiger partial charge in [0.15, 0.2) is 12.4 Å². The Morgan fingerprint density at radius 3 is 2.47 bits per heavy atom. The average molecular weight is 384 g/mol. The van der Waals surface area contributed by atoms with Crippen LogP contribution in [-0.4, -0.2) is 5.78 Å². The lowest BCUT2D eigenvalue weighted by molar-refractivity contribution is -0.683. The fourth-order valence-corrected chi connectivity index (χ4v) is 1.57. The third-order valence-electron chi connectivity index (χ3n) is 2.41. The number of halogens is 2. The molecule has 1 aromatic carbocycles. The lowest BCUT2D eigenvalue weighted by Gasteiger charge is -1.97. The van der Waals surface area contributed by atoms with E-state index < -0.39 is 0 Å². The van der Waals surface area contributed by atoms with E-state index >= 15 is 0 Å². The van der Waals surface area contributed by atoms with E-state index in [0.717, 1.165) is 0 Å². The van der Waals surface area contributed by atoms with E-state index in [1.165, 1.54) is 0 Å². The van der Waals surface area contributed by atoms with Crippen LogP contribution in [0.4, 0.5) is 0 Å². The van der Waals surface area contributed by atoms with E-state index in [9.17, 15) is 4.79 Å². The first-order valence-corrected chi connectivity index (χ1v) is 5.27. The first kappa shape index (κ1) is 17.5. The second-order valence-electron chi connectivity index (χ2n) is 3.67. The highest BCUT2D eigenvalue weighted by Crippen LogP contribution is 2.00. The van der Waals surface area contributed by atoms with Gasteiger partial charge in [0.05, 0.1) is 0 Å². The maximum absolute atomic E-state index is 11.9. The van der Waals surface area contributed by atoms with Crippen LogP contribution >= 0.6 is 17.0 Å². The molecule has 0 unspecified atom stereocenters. The number of carbonyl (C=O) groups is 1. The first-order valence-electron chi connectivity index (χ1n) is 5.27. The summed E-state index contributed by atoms with van der Waals surface area (Å²) in [6.07, 6.45) is 3.45. The summed E-state index contributed by atoms with van der Waals surface area (Å²) in [4.78, 5) is 11.9. The highest BCUT2D eigenvalue weighted by molar-refractivity contribution is 8.93. The number of benzene rings is 1. The van der Waals surface area contributed by atoms with Crippen molar-refractivity contribution >= 4 is 22.8 Å². The van der Waals surface area contributed by atoms with Gasteiger partial charge >= 0.3 is 0 Å². The number of pyridine rings is 1. The number of Topliss-reactive ketones (excluding diaryl/α,β-unsaturated/α-hetero) is 1. The predicted octanol–water partition coefficient (Wildman–Crippen LogP) is -0.689. The number of aromatic nitrogens is 1.